The molecule has 0 saturated heterocycles. The molecule has 1 amide bonds. The summed E-state index contributed by atoms with van der Waals surface area (Å²) in [5, 5.41) is 5.50. The number of carbonyl (C=O) groups is 2. The molecule has 1 saturated carbocycles. The van der Waals surface area contributed by atoms with Crippen LogP contribution in [0.2, 0.25) is 0 Å². The van der Waals surface area contributed by atoms with Gasteiger partial charge in [0, 0.05) is 29.4 Å². The number of benzene rings is 1. The Labute approximate surface area is 202 Å². The van der Waals surface area contributed by atoms with Gasteiger partial charge >= 0.3 is 0 Å². The van der Waals surface area contributed by atoms with Gasteiger partial charge in [0.1, 0.15) is 11.5 Å². The van der Waals surface area contributed by atoms with Gasteiger partial charge in [-0.3, -0.25) is 23.9 Å². The summed E-state index contributed by atoms with van der Waals surface area (Å²) in [5.74, 6) is 5.52. The van der Waals surface area contributed by atoms with E-state index in [0.717, 1.165) is 12.8 Å². The van der Waals surface area contributed by atoms with Crippen LogP contribution in [0.3, 0.4) is 0 Å². The van der Waals surface area contributed by atoms with Gasteiger partial charge in [-0.2, -0.15) is 0 Å². The molecule has 0 bridgehead atoms. The number of hydrogen-bond donors (Lipinski definition) is 2. The van der Waals surface area contributed by atoms with E-state index in [1.165, 1.54) is 35.0 Å². The molecule has 0 aliphatic heterocycles. The van der Waals surface area contributed by atoms with Gasteiger partial charge in [-0.25, -0.2) is 4.39 Å². The van der Waals surface area contributed by atoms with Crippen LogP contribution in [0.1, 0.15) is 46.9 Å². The number of ketones is 1. The van der Waals surface area contributed by atoms with Gasteiger partial charge in [-0.15, -0.1) is 0 Å². The third kappa shape index (κ3) is 5.89. The number of nitrogens with zero attached hydrogens (tertiary/aromatic N) is 2. The van der Waals surface area contributed by atoms with E-state index in [1.54, 1.807) is 38.4 Å². The highest BCUT2D eigenvalue weighted by atomic mass is 19.1. The van der Waals surface area contributed by atoms with Crippen molar-refractivity contribution in [3.63, 3.8) is 0 Å². The van der Waals surface area contributed by atoms with Crippen LogP contribution in [0, 0.1) is 23.6 Å². The van der Waals surface area contributed by atoms with Crippen LogP contribution in [0.25, 0.3) is 0 Å². The fourth-order valence-corrected chi connectivity index (χ4v) is 3.36. The summed E-state index contributed by atoms with van der Waals surface area (Å²) in [6.45, 7) is 1.80. The van der Waals surface area contributed by atoms with Gasteiger partial charge in [-0.05, 0) is 80.8 Å². The molecule has 4 rings (SSSR count). The molecule has 2 heterocycles. The number of carbonyl (C=O) groups excluding carboxylic acids is 2. The van der Waals surface area contributed by atoms with Crippen molar-refractivity contribution >= 4 is 17.4 Å². The van der Waals surface area contributed by atoms with Crippen molar-refractivity contribution in [1.29, 1.82) is 0 Å². The SMILES string of the molecule is CN[C@@H](C)C(=O)Nc1ccc(C#CC2CC2)n(Cc2cncc(C(=O)c3ccc(F)cc3)c2)c1=O. The molecule has 7 nitrogen and oxygen atoms in total. The van der Waals surface area contributed by atoms with E-state index in [-0.39, 0.29) is 23.9 Å². The summed E-state index contributed by atoms with van der Waals surface area (Å²) in [6, 6.07) is 9.72. The standard InChI is InChI=1S/C27H25FN4O3/c1-17(29-2)26(34)31-24-12-11-23(10-5-18-3-4-18)32(27(24)35)16-19-13-21(15-30-14-19)25(33)20-6-8-22(28)9-7-20/h6-9,11-15,17-18,29H,3-4,16H2,1-2H3,(H,31,34)/t17-/m0/s1. The van der Waals surface area contributed by atoms with Gasteiger partial charge in [0.2, 0.25) is 5.91 Å². The Morgan fingerprint density at radius 2 is 1.89 bits per heavy atom. The van der Waals surface area contributed by atoms with Crippen LogP contribution in [0.15, 0.2) is 59.7 Å². The molecule has 0 radical (unpaired) electrons. The van der Waals surface area contributed by atoms with Crippen molar-refractivity contribution < 1.29 is 14.0 Å². The molecule has 1 aliphatic carbocycles. The van der Waals surface area contributed by atoms with Crippen LogP contribution >= 0.6 is 0 Å². The first-order chi connectivity index (χ1) is 16.9. The van der Waals surface area contributed by atoms with Crippen LogP contribution in [-0.2, 0) is 11.3 Å². The van der Waals surface area contributed by atoms with Crippen molar-refractivity contribution in [3.8, 4) is 11.8 Å². The van der Waals surface area contributed by atoms with Gasteiger partial charge in [0.05, 0.1) is 18.3 Å². The van der Waals surface area contributed by atoms with E-state index >= 15 is 0 Å². The predicted octanol–water partition coefficient (Wildman–Crippen LogP) is 2.97. The van der Waals surface area contributed by atoms with E-state index in [0.29, 0.717) is 28.3 Å². The van der Waals surface area contributed by atoms with Crippen molar-refractivity contribution in [2.75, 3.05) is 12.4 Å². The van der Waals surface area contributed by atoms with Crippen molar-refractivity contribution in [3.05, 3.63) is 93.4 Å². The van der Waals surface area contributed by atoms with Gasteiger partial charge in [0.15, 0.2) is 5.78 Å². The molecule has 0 unspecified atom stereocenters. The Morgan fingerprint density at radius 3 is 2.57 bits per heavy atom. The number of halogens is 1. The molecule has 1 aliphatic rings. The zero-order valence-electron chi connectivity index (χ0n) is 19.5. The number of aromatic nitrogens is 2. The lowest BCUT2D eigenvalue weighted by atomic mass is 10.0. The Kier molecular flexibility index (Phi) is 7.18. The Morgan fingerprint density at radius 1 is 1.14 bits per heavy atom. The fourth-order valence-electron chi connectivity index (χ4n) is 3.36. The molecule has 1 fully saturated rings. The molecule has 2 N–H and O–H groups in total. The number of amides is 1. The highest BCUT2D eigenvalue weighted by Crippen LogP contribution is 2.27. The minimum absolute atomic E-state index is 0.107. The topological polar surface area (TPSA) is 93.1 Å². The van der Waals surface area contributed by atoms with Crippen molar-refractivity contribution in [2.24, 2.45) is 5.92 Å². The second kappa shape index (κ2) is 10.5. The number of likely N-dealkylation sites (N-methyl/N-ethyl adjacent to an activating group) is 1. The third-order valence-electron chi connectivity index (χ3n) is 5.74. The predicted molar refractivity (Wildman–Crippen MR) is 131 cm³/mol. The second-order valence-corrected chi connectivity index (χ2v) is 8.48. The van der Waals surface area contributed by atoms with Gasteiger partial charge in [-0.1, -0.05) is 5.92 Å². The minimum Gasteiger partial charge on any atom is -0.320 e. The maximum absolute atomic E-state index is 13.3. The van der Waals surface area contributed by atoms with Crippen molar-refractivity contribution in [1.82, 2.24) is 14.9 Å². The summed E-state index contributed by atoms with van der Waals surface area (Å²) >= 11 is 0. The molecular weight excluding hydrogens is 447 g/mol. The maximum Gasteiger partial charge on any atom is 0.275 e. The van der Waals surface area contributed by atoms with Crippen LogP contribution < -0.4 is 16.2 Å². The lowest BCUT2D eigenvalue weighted by molar-refractivity contribution is -0.117. The van der Waals surface area contributed by atoms with Gasteiger partial charge in [0.25, 0.3) is 5.56 Å². The normalized spacial score (nSPS) is 13.5. The van der Waals surface area contributed by atoms with E-state index in [4.69, 9.17) is 0 Å². The molecule has 35 heavy (non-hydrogen) atoms. The fraction of sp³-hybridized carbons (Fsp3) is 0.259. The highest BCUT2D eigenvalue weighted by Gasteiger charge is 2.19. The number of anilines is 1. The first kappa shape index (κ1) is 24.0. The monoisotopic (exact) mass is 472 g/mol. The maximum atomic E-state index is 13.3. The summed E-state index contributed by atoms with van der Waals surface area (Å²) in [7, 11) is 1.66. The van der Waals surface area contributed by atoms with E-state index in [2.05, 4.69) is 27.5 Å². The number of pyridine rings is 2. The number of nitrogens with one attached hydrogen (secondary N) is 2. The molecule has 3 aromatic rings. The van der Waals surface area contributed by atoms with Crippen LogP contribution in [-0.4, -0.2) is 34.3 Å². The number of hydrogen-bond acceptors (Lipinski definition) is 5. The molecule has 1 aromatic carbocycles. The highest BCUT2D eigenvalue weighted by molar-refractivity contribution is 6.08. The first-order valence-corrected chi connectivity index (χ1v) is 11.3. The Bertz CT molecular complexity index is 1380. The quantitative estimate of drug-likeness (QED) is 0.407. The van der Waals surface area contributed by atoms with Crippen LogP contribution in [0.4, 0.5) is 10.1 Å². The largest absolute Gasteiger partial charge is 0.320 e. The van der Waals surface area contributed by atoms with Gasteiger partial charge < -0.3 is 10.6 Å². The molecular formula is C27H25FN4O3. The minimum atomic E-state index is -0.476. The first-order valence-electron chi connectivity index (χ1n) is 11.3. The average Bonchev–Trinajstić information content (AvgIpc) is 3.70. The third-order valence-corrected chi connectivity index (χ3v) is 5.74. The summed E-state index contributed by atoms with van der Waals surface area (Å²) < 4.78 is 14.7. The Balaban J connectivity index is 1.67. The van der Waals surface area contributed by atoms with E-state index in [9.17, 15) is 18.8 Å². The summed E-state index contributed by atoms with van der Waals surface area (Å²) in [4.78, 5) is 42.6. The van der Waals surface area contributed by atoms with E-state index in [1.807, 2.05) is 0 Å². The lowest BCUT2D eigenvalue weighted by Crippen LogP contribution is -2.37. The molecule has 0 spiro atoms. The smallest absolute Gasteiger partial charge is 0.275 e. The molecule has 178 valence electrons. The summed E-state index contributed by atoms with van der Waals surface area (Å²) in [5.41, 5.74) is 1.51. The van der Waals surface area contributed by atoms with Crippen molar-refractivity contribution in [2.45, 2.75) is 32.4 Å². The zero-order valence-corrected chi connectivity index (χ0v) is 19.5. The lowest BCUT2D eigenvalue weighted by Gasteiger charge is -2.14. The summed E-state index contributed by atoms with van der Waals surface area (Å²) in [6.07, 6.45) is 5.09. The average molecular weight is 473 g/mol. The number of rotatable bonds is 7. The van der Waals surface area contributed by atoms with Crippen LogP contribution in [0.5, 0.6) is 0 Å². The Hall–Kier alpha value is -4.09. The second-order valence-electron chi connectivity index (χ2n) is 8.48. The molecule has 1 atom stereocenters. The molecule has 8 heteroatoms. The van der Waals surface area contributed by atoms with E-state index < -0.39 is 17.4 Å². The molecule has 2 aromatic heterocycles. The zero-order chi connectivity index (χ0) is 24.9.